The molecule has 7 aromatic rings. The SMILES string of the molecule is CCCCn1c2ccc(-c3ccco3)cc2c(=O)c2cc3c(cc21)c(=O)c1cc(-c2ccco2)ccc1n3CCCC. The lowest BCUT2D eigenvalue weighted by atomic mass is 10.0. The lowest BCUT2D eigenvalue weighted by Gasteiger charge is -2.19. The van der Waals surface area contributed by atoms with Crippen molar-refractivity contribution in [1.29, 1.82) is 0 Å². The summed E-state index contributed by atoms with van der Waals surface area (Å²) >= 11 is 0. The number of pyridine rings is 2. The number of hydrogen-bond acceptors (Lipinski definition) is 4. The van der Waals surface area contributed by atoms with Crippen LogP contribution in [0, 0.1) is 0 Å². The molecule has 0 unspecified atom stereocenters. The fraction of sp³-hybridized carbons (Fsp3) is 0.222. The van der Waals surface area contributed by atoms with Crippen molar-refractivity contribution in [2.24, 2.45) is 0 Å². The van der Waals surface area contributed by atoms with E-state index >= 15 is 0 Å². The van der Waals surface area contributed by atoms with Crippen LogP contribution < -0.4 is 10.9 Å². The van der Waals surface area contributed by atoms with E-state index in [-0.39, 0.29) is 10.9 Å². The van der Waals surface area contributed by atoms with Crippen LogP contribution in [0.3, 0.4) is 0 Å². The summed E-state index contributed by atoms with van der Waals surface area (Å²) in [6.07, 6.45) is 7.21. The Bertz CT molecular complexity index is 2040. The molecule has 0 aliphatic rings. The standard InChI is InChI=1S/C36H32N2O4/c1-3-5-15-37-29-13-11-23(33-9-7-17-41-33)19-25(29)35(39)27-22-32-28(21-31(27)37)36(40)26-20-24(34-10-8-18-42-34)12-14-30(26)38(32)16-6-4-2/h7-14,17-22H,3-6,15-16H2,1-2H3. The van der Waals surface area contributed by atoms with Gasteiger partial charge in [0.1, 0.15) is 11.5 Å². The van der Waals surface area contributed by atoms with Gasteiger partial charge in [0.25, 0.3) is 0 Å². The number of unbranched alkanes of at least 4 members (excludes halogenated alkanes) is 2. The first kappa shape index (κ1) is 26.1. The summed E-state index contributed by atoms with van der Waals surface area (Å²) in [5.41, 5.74) is 4.97. The largest absolute Gasteiger partial charge is 0.464 e. The molecule has 0 amide bonds. The summed E-state index contributed by atoms with van der Waals surface area (Å²) in [5.74, 6) is 1.45. The van der Waals surface area contributed by atoms with Crippen molar-refractivity contribution in [3.05, 3.63) is 106 Å². The molecule has 0 fully saturated rings. The number of benzene rings is 3. The molecule has 0 aliphatic heterocycles. The highest BCUT2D eigenvalue weighted by atomic mass is 16.3. The molecular weight excluding hydrogens is 524 g/mol. The predicted octanol–water partition coefficient (Wildman–Crippen LogP) is 8.74. The first-order chi connectivity index (χ1) is 20.6. The Labute approximate surface area is 242 Å². The molecule has 0 N–H and O–H groups in total. The molecule has 0 spiro atoms. The predicted molar refractivity (Wildman–Crippen MR) is 170 cm³/mol. The second-order valence-corrected chi connectivity index (χ2v) is 11.0. The number of nitrogens with zero attached hydrogens (tertiary/aromatic N) is 2. The van der Waals surface area contributed by atoms with E-state index in [4.69, 9.17) is 8.83 Å². The summed E-state index contributed by atoms with van der Waals surface area (Å²) < 4.78 is 15.7. The lowest BCUT2D eigenvalue weighted by molar-refractivity contribution is 0.582. The van der Waals surface area contributed by atoms with Gasteiger partial charge in [0.2, 0.25) is 0 Å². The second kappa shape index (κ2) is 10.5. The molecule has 210 valence electrons. The van der Waals surface area contributed by atoms with Gasteiger partial charge in [-0.1, -0.05) is 26.7 Å². The van der Waals surface area contributed by atoms with Gasteiger partial charge in [-0.3, -0.25) is 9.59 Å². The zero-order chi connectivity index (χ0) is 28.8. The number of aromatic nitrogens is 2. The van der Waals surface area contributed by atoms with Crippen molar-refractivity contribution in [3.8, 4) is 22.6 Å². The molecule has 0 atom stereocenters. The van der Waals surface area contributed by atoms with Crippen LogP contribution in [0.2, 0.25) is 0 Å². The fourth-order valence-electron chi connectivity index (χ4n) is 6.15. The molecule has 4 heterocycles. The smallest absolute Gasteiger partial charge is 0.197 e. The summed E-state index contributed by atoms with van der Waals surface area (Å²) in [5, 5.41) is 2.55. The lowest BCUT2D eigenvalue weighted by Crippen LogP contribution is -2.16. The van der Waals surface area contributed by atoms with E-state index in [9.17, 15) is 9.59 Å². The molecule has 42 heavy (non-hydrogen) atoms. The highest BCUT2D eigenvalue weighted by Gasteiger charge is 2.18. The van der Waals surface area contributed by atoms with Gasteiger partial charge in [-0.2, -0.15) is 0 Å². The molecular formula is C36H32N2O4. The monoisotopic (exact) mass is 556 g/mol. The molecule has 0 aliphatic carbocycles. The Morgan fingerprint density at radius 3 is 1.36 bits per heavy atom. The zero-order valence-corrected chi connectivity index (χ0v) is 23.9. The number of rotatable bonds is 8. The average Bonchev–Trinajstić information content (AvgIpc) is 3.76. The van der Waals surface area contributed by atoms with Crippen LogP contribution in [0.5, 0.6) is 0 Å². The number of hydrogen-bond donors (Lipinski definition) is 0. The van der Waals surface area contributed by atoms with Gasteiger partial charge in [0.15, 0.2) is 10.9 Å². The summed E-state index contributed by atoms with van der Waals surface area (Å²) in [7, 11) is 0. The molecule has 0 saturated carbocycles. The van der Waals surface area contributed by atoms with Crippen LogP contribution in [-0.2, 0) is 13.1 Å². The average molecular weight is 557 g/mol. The molecule has 0 radical (unpaired) electrons. The fourth-order valence-corrected chi connectivity index (χ4v) is 6.15. The maximum atomic E-state index is 14.2. The maximum Gasteiger partial charge on any atom is 0.197 e. The minimum Gasteiger partial charge on any atom is -0.464 e. The molecule has 7 rings (SSSR count). The minimum absolute atomic E-state index is 0.0363. The highest BCUT2D eigenvalue weighted by Crippen LogP contribution is 2.31. The molecule has 6 heteroatoms. The van der Waals surface area contributed by atoms with Gasteiger partial charge in [-0.25, -0.2) is 0 Å². The van der Waals surface area contributed by atoms with Crippen LogP contribution in [0.1, 0.15) is 39.5 Å². The van der Waals surface area contributed by atoms with Crippen LogP contribution in [-0.4, -0.2) is 9.13 Å². The Kier molecular flexibility index (Phi) is 6.54. The van der Waals surface area contributed by atoms with E-state index < -0.39 is 0 Å². The van der Waals surface area contributed by atoms with E-state index in [0.717, 1.165) is 83.5 Å². The van der Waals surface area contributed by atoms with E-state index in [1.807, 2.05) is 72.8 Å². The number of fused-ring (bicyclic) bond motifs is 4. The third kappa shape index (κ3) is 4.17. The van der Waals surface area contributed by atoms with E-state index in [1.54, 1.807) is 12.5 Å². The van der Waals surface area contributed by atoms with Crippen molar-refractivity contribution in [3.63, 3.8) is 0 Å². The van der Waals surface area contributed by atoms with Crippen LogP contribution in [0.4, 0.5) is 0 Å². The second-order valence-electron chi connectivity index (χ2n) is 11.0. The van der Waals surface area contributed by atoms with Gasteiger partial charge in [-0.15, -0.1) is 0 Å². The van der Waals surface area contributed by atoms with Crippen molar-refractivity contribution in [2.45, 2.75) is 52.6 Å². The Balaban J connectivity index is 1.59. The maximum absolute atomic E-state index is 14.2. The molecule has 4 aromatic heterocycles. The summed E-state index contributed by atoms with van der Waals surface area (Å²) in [6.45, 7) is 5.81. The summed E-state index contributed by atoms with van der Waals surface area (Å²) in [6, 6.07) is 23.3. The topological polar surface area (TPSA) is 70.3 Å². The molecule has 0 bridgehead atoms. The van der Waals surface area contributed by atoms with E-state index in [1.165, 1.54) is 0 Å². The summed E-state index contributed by atoms with van der Waals surface area (Å²) in [4.78, 5) is 28.4. The van der Waals surface area contributed by atoms with Crippen LogP contribution in [0.25, 0.3) is 66.3 Å². The van der Waals surface area contributed by atoms with E-state index in [0.29, 0.717) is 21.5 Å². The van der Waals surface area contributed by atoms with Crippen LogP contribution in [0.15, 0.2) is 104 Å². The first-order valence-electron chi connectivity index (χ1n) is 14.8. The quantitative estimate of drug-likeness (QED) is 0.176. The number of furan rings is 2. The Hall–Kier alpha value is -4.84. The van der Waals surface area contributed by atoms with Gasteiger partial charge in [-0.05, 0) is 85.6 Å². The van der Waals surface area contributed by atoms with Crippen molar-refractivity contribution >= 4 is 43.6 Å². The zero-order valence-electron chi connectivity index (χ0n) is 23.9. The van der Waals surface area contributed by atoms with Crippen molar-refractivity contribution in [1.82, 2.24) is 9.13 Å². The van der Waals surface area contributed by atoms with E-state index in [2.05, 4.69) is 23.0 Å². The number of aryl methyl sites for hydroxylation is 2. The normalized spacial score (nSPS) is 11.9. The molecule has 6 nitrogen and oxygen atoms in total. The molecule has 0 saturated heterocycles. The van der Waals surface area contributed by atoms with Crippen molar-refractivity contribution in [2.75, 3.05) is 0 Å². The van der Waals surface area contributed by atoms with Gasteiger partial charge in [0, 0.05) is 45.8 Å². The first-order valence-corrected chi connectivity index (χ1v) is 14.8. The Morgan fingerprint density at radius 2 is 0.976 bits per heavy atom. The highest BCUT2D eigenvalue weighted by molar-refractivity contribution is 6.04. The van der Waals surface area contributed by atoms with Crippen molar-refractivity contribution < 1.29 is 8.83 Å². The third-order valence-corrected chi connectivity index (χ3v) is 8.33. The molecule has 3 aromatic carbocycles. The van der Waals surface area contributed by atoms with Gasteiger partial charge < -0.3 is 18.0 Å². The third-order valence-electron chi connectivity index (χ3n) is 8.33. The Morgan fingerprint density at radius 1 is 0.548 bits per heavy atom. The minimum atomic E-state index is -0.0363. The van der Waals surface area contributed by atoms with Crippen LogP contribution >= 0.6 is 0 Å². The van der Waals surface area contributed by atoms with Gasteiger partial charge in [0.05, 0.1) is 34.6 Å². The van der Waals surface area contributed by atoms with Gasteiger partial charge >= 0.3 is 0 Å².